The number of hydrogen-bond acceptors (Lipinski definition) is 6. The number of alkyl halides is 2. The Kier molecular flexibility index (Phi) is 4.46. The molecule has 0 fully saturated rings. The highest BCUT2D eigenvalue weighted by molar-refractivity contribution is 7.18. The Hall–Kier alpha value is -1.38. The molecule has 0 aromatic carbocycles. The van der Waals surface area contributed by atoms with Gasteiger partial charge in [0.15, 0.2) is 5.82 Å². The van der Waals surface area contributed by atoms with E-state index in [1.54, 1.807) is 18.4 Å². The number of hydrogen-bond donors (Lipinski definition) is 2. The second-order valence-electron chi connectivity index (χ2n) is 4.68. The summed E-state index contributed by atoms with van der Waals surface area (Å²) in [5.41, 5.74) is 3.66. The number of aromatic nitrogens is 2. The molecule has 0 aliphatic rings. The molecule has 0 aliphatic heterocycles. The zero-order valence-corrected chi connectivity index (χ0v) is 12.4. The van der Waals surface area contributed by atoms with Crippen molar-refractivity contribution in [2.24, 2.45) is 5.84 Å². The van der Waals surface area contributed by atoms with Crippen molar-refractivity contribution in [2.75, 3.05) is 19.0 Å². The van der Waals surface area contributed by atoms with Crippen LogP contribution in [-0.4, -0.2) is 34.9 Å². The number of nitrogens with one attached hydrogen (secondary N) is 1. The van der Waals surface area contributed by atoms with Gasteiger partial charge in [0.2, 0.25) is 0 Å². The minimum Gasteiger partial charge on any atom is -0.308 e. The first kappa shape index (κ1) is 15.0. The third-order valence-corrected chi connectivity index (χ3v) is 4.17. The fourth-order valence-electron chi connectivity index (χ4n) is 2.01. The maximum Gasteiger partial charge on any atom is 0.251 e. The van der Waals surface area contributed by atoms with Crippen LogP contribution in [0.5, 0.6) is 0 Å². The number of fused-ring (bicyclic) bond motifs is 1. The molecule has 8 heteroatoms. The Bertz CT molecular complexity index is 613. The molecule has 0 amide bonds. The minimum atomic E-state index is -2.37. The van der Waals surface area contributed by atoms with Crippen molar-refractivity contribution >= 4 is 27.4 Å². The standard InChI is InChI=1S/C12H17F2N5S/c1-6-7(2)20-12-10(6)11(18-15)16-9(17-12)5-19(3)4-8(13)14/h8H,4-5,15H2,1-3H3,(H,16,17,18). The Morgan fingerprint density at radius 2 is 2.05 bits per heavy atom. The van der Waals surface area contributed by atoms with Gasteiger partial charge in [0, 0.05) is 4.88 Å². The van der Waals surface area contributed by atoms with Crippen LogP contribution < -0.4 is 11.3 Å². The molecule has 0 aliphatic carbocycles. The van der Waals surface area contributed by atoms with Gasteiger partial charge >= 0.3 is 0 Å². The molecule has 0 spiro atoms. The van der Waals surface area contributed by atoms with E-state index in [0.717, 1.165) is 20.7 Å². The number of thiophene rings is 1. The van der Waals surface area contributed by atoms with Gasteiger partial charge in [-0.15, -0.1) is 11.3 Å². The van der Waals surface area contributed by atoms with Crippen molar-refractivity contribution in [1.82, 2.24) is 14.9 Å². The molecule has 20 heavy (non-hydrogen) atoms. The molecular weight excluding hydrogens is 284 g/mol. The van der Waals surface area contributed by atoms with Crippen LogP contribution in [0.15, 0.2) is 0 Å². The van der Waals surface area contributed by atoms with Crippen LogP contribution in [-0.2, 0) is 6.54 Å². The lowest BCUT2D eigenvalue weighted by Crippen LogP contribution is -2.25. The van der Waals surface area contributed by atoms with Crippen LogP contribution >= 0.6 is 11.3 Å². The number of anilines is 1. The van der Waals surface area contributed by atoms with E-state index in [4.69, 9.17) is 5.84 Å². The molecular formula is C12H17F2N5S. The molecule has 2 aromatic heterocycles. The lowest BCUT2D eigenvalue weighted by molar-refractivity contribution is 0.0966. The zero-order valence-electron chi connectivity index (χ0n) is 11.6. The predicted octanol–water partition coefficient (Wildman–Crippen LogP) is 2.29. The SMILES string of the molecule is Cc1sc2nc(CN(C)CC(F)F)nc(NN)c2c1C. The number of nitrogen functional groups attached to an aromatic ring is 1. The molecule has 2 aromatic rings. The predicted molar refractivity (Wildman–Crippen MR) is 77.0 cm³/mol. The summed E-state index contributed by atoms with van der Waals surface area (Å²) < 4.78 is 24.7. The Labute approximate surface area is 119 Å². The number of rotatable bonds is 5. The van der Waals surface area contributed by atoms with Gasteiger partial charge < -0.3 is 5.43 Å². The van der Waals surface area contributed by atoms with Crippen LogP contribution in [0.1, 0.15) is 16.3 Å². The summed E-state index contributed by atoms with van der Waals surface area (Å²) >= 11 is 1.55. The average Bonchev–Trinajstić information content (AvgIpc) is 2.63. The first-order valence-corrected chi connectivity index (χ1v) is 6.94. The van der Waals surface area contributed by atoms with Gasteiger partial charge in [-0.2, -0.15) is 0 Å². The van der Waals surface area contributed by atoms with Crippen molar-refractivity contribution < 1.29 is 8.78 Å². The van der Waals surface area contributed by atoms with Gasteiger partial charge in [0.1, 0.15) is 10.7 Å². The number of halogens is 2. The molecule has 3 N–H and O–H groups in total. The second-order valence-corrected chi connectivity index (χ2v) is 5.89. The smallest absolute Gasteiger partial charge is 0.251 e. The highest BCUT2D eigenvalue weighted by Crippen LogP contribution is 2.32. The average molecular weight is 301 g/mol. The third kappa shape index (κ3) is 3.02. The van der Waals surface area contributed by atoms with Crippen LogP contribution in [0.2, 0.25) is 0 Å². The van der Waals surface area contributed by atoms with Gasteiger partial charge in [-0.1, -0.05) is 0 Å². The fraction of sp³-hybridized carbons (Fsp3) is 0.500. The molecule has 0 radical (unpaired) electrons. The first-order chi connectivity index (χ1) is 9.42. The van der Waals surface area contributed by atoms with Crippen molar-refractivity contribution in [1.29, 1.82) is 0 Å². The van der Waals surface area contributed by atoms with Crippen LogP contribution in [0.25, 0.3) is 10.2 Å². The van der Waals surface area contributed by atoms with Gasteiger partial charge in [0.25, 0.3) is 6.43 Å². The van der Waals surface area contributed by atoms with Gasteiger partial charge in [-0.05, 0) is 26.5 Å². The van der Waals surface area contributed by atoms with Crippen molar-refractivity contribution in [3.8, 4) is 0 Å². The molecule has 2 heterocycles. The largest absolute Gasteiger partial charge is 0.308 e. The van der Waals surface area contributed by atoms with E-state index in [9.17, 15) is 8.78 Å². The normalized spacial score (nSPS) is 11.8. The number of nitrogens with two attached hydrogens (primary N) is 1. The number of hydrazine groups is 1. The summed E-state index contributed by atoms with van der Waals surface area (Å²) in [5, 5.41) is 0.898. The van der Waals surface area contributed by atoms with Crippen molar-refractivity contribution in [3.05, 3.63) is 16.3 Å². The first-order valence-electron chi connectivity index (χ1n) is 6.12. The number of aryl methyl sites for hydroxylation is 2. The highest BCUT2D eigenvalue weighted by Gasteiger charge is 2.15. The fourth-order valence-corrected chi connectivity index (χ4v) is 3.06. The third-order valence-electron chi connectivity index (χ3n) is 3.07. The lowest BCUT2D eigenvalue weighted by Gasteiger charge is -2.15. The van der Waals surface area contributed by atoms with Crippen LogP contribution in [0, 0.1) is 13.8 Å². The Morgan fingerprint density at radius 3 is 2.65 bits per heavy atom. The molecule has 0 unspecified atom stereocenters. The van der Waals surface area contributed by atoms with E-state index in [2.05, 4.69) is 15.4 Å². The number of nitrogens with zero attached hydrogens (tertiary/aromatic N) is 3. The monoisotopic (exact) mass is 301 g/mol. The summed E-state index contributed by atoms with van der Waals surface area (Å²) in [6.07, 6.45) is -2.37. The van der Waals surface area contributed by atoms with Crippen LogP contribution in [0.3, 0.4) is 0 Å². The lowest BCUT2D eigenvalue weighted by atomic mass is 10.2. The van der Waals surface area contributed by atoms with Gasteiger partial charge in [-0.3, -0.25) is 4.90 Å². The summed E-state index contributed by atoms with van der Waals surface area (Å²) in [4.78, 5) is 12.2. The highest BCUT2D eigenvalue weighted by atomic mass is 32.1. The van der Waals surface area contributed by atoms with Crippen molar-refractivity contribution in [2.45, 2.75) is 26.8 Å². The van der Waals surface area contributed by atoms with Crippen LogP contribution in [0.4, 0.5) is 14.6 Å². The molecule has 0 saturated carbocycles. The molecule has 0 atom stereocenters. The van der Waals surface area contributed by atoms with Crippen molar-refractivity contribution in [3.63, 3.8) is 0 Å². The second kappa shape index (κ2) is 5.94. The van der Waals surface area contributed by atoms with Gasteiger partial charge in [-0.25, -0.2) is 24.6 Å². The quantitative estimate of drug-likeness (QED) is 0.655. The summed E-state index contributed by atoms with van der Waals surface area (Å²) in [5.74, 6) is 6.53. The summed E-state index contributed by atoms with van der Waals surface area (Å²) in [6, 6.07) is 0. The molecule has 2 rings (SSSR count). The molecule has 110 valence electrons. The minimum absolute atomic E-state index is 0.255. The molecule has 5 nitrogen and oxygen atoms in total. The molecule has 0 saturated heterocycles. The zero-order chi connectivity index (χ0) is 14.9. The van der Waals surface area contributed by atoms with E-state index >= 15 is 0 Å². The maximum atomic E-state index is 12.3. The summed E-state index contributed by atoms with van der Waals surface area (Å²) in [7, 11) is 1.61. The van der Waals surface area contributed by atoms with Gasteiger partial charge in [0.05, 0.1) is 18.5 Å². The Balaban J connectivity index is 2.36. The van der Waals surface area contributed by atoms with E-state index in [1.807, 2.05) is 13.8 Å². The topological polar surface area (TPSA) is 67.1 Å². The van der Waals surface area contributed by atoms with E-state index in [-0.39, 0.29) is 13.1 Å². The van der Waals surface area contributed by atoms with E-state index in [1.165, 1.54) is 4.90 Å². The Morgan fingerprint density at radius 1 is 1.35 bits per heavy atom. The van der Waals surface area contributed by atoms with E-state index < -0.39 is 6.43 Å². The maximum absolute atomic E-state index is 12.3. The summed E-state index contributed by atoms with van der Waals surface area (Å²) in [6.45, 7) is 3.94. The van der Waals surface area contributed by atoms with E-state index in [0.29, 0.717) is 11.6 Å². The molecule has 0 bridgehead atoms.